The summed E-state index contributed by atoms with van der Waals surface area (Å²) >= 11 is 3.36. The fourth-order valence-corrected chi connectivity index (χ4v) is 1.97. The maximum atomic E-state index is 8.86. The van der Waals surface area contributed by atoms with Gasteiger partial charge in [-0.15, -0.1) is 0 Å². The van der Waals surface area contributed by atoms with E-state index in [-0.39, 0.29) is 0 Å². The van der Waals surface area contributed by atoms with Crippen LogP contribution < -0.4 is 0 Å². The van der Waals surface area contributed by atoms with Crippen molar-refractivity contribution in [3.05, 3.63) is 36.0 Å². The minimum atomic E-state index is 0.656. The Morgan fingerprint density at radius 2 is 2.15 bits per heavy atom. The van der Waals surface area contributed by atoms with Crippen LogP contribution in [0.4, 0.5) is 0 Å². The Kier molecular flexibility index (Phi) is 2.07. The molecule has 1 aromatic carbocycles. The van der Waals surface area contributed by atoms with Gasteiger partial charge in [-0.3, -0.25) is 0 Å². The molecular formula is C10H7BrN2. The molecule has 3 heteroatoms. The first-order chi connectivity index (χ1) is 6.36. The summed E-state index contributed by atoms with van der Waals surface area (Å²) in [4.78, 5) is 0. The third-order valence-corrected chi connectivity index (χ3v) is 2.55. The third-order valence-electron chi connectivity index (χ3n) is 2.04. The highest BCUT2D eigenvalue weighted by Crippen LogP contribution is 2.19. The Balaban J connectivity index is 2.83. The number of alkyl halides is 1. The molecule has 0 unspecified atom stereocenters. The molecule has 0 aliphatic carbocycles. The van der Waals surface area contributed by atoms with Crippen LogP contribution in [0.1, 0.15) is 5.69 Å². The zero-order chi connectivity index (χ0) is 9.26. The van der Waals surface area contributed by atoms with Gasteiger partial charge in [0.05, 0.1) is 5.45 Å². The second kappa shape index (κ2) is 3.23. The Labute approximate surface area is 84.5 Å². The maximum absolute atomic E-state index is 8.86. The summed E-state index contributed by atoms with van der Waals surface area (Å²) in [5.41, 5.74) is 2.44. The molecule has 0 N–H and O–H groups in total. The number of benzene rings is 1. The van der Waals surface area contributed by atoms with Crippen LogP contribution >= 0.6 is 15.9 Å². The van der Waals surface area contributed by atoms with Crippen LogP contribution in [0.25, 0.3) is 10.9 Å². The SMILES string of the molecule is N#Cc1cc2ccccc2n1CBr. The zero-order valence-corrected chi connectivity index (χ0v) is 8.45. The van der Waals surface area contributed by atoms with Crippen LogP contribution in [0.3, 0.4) is 0 Å². The van der Waals surface area contributed by atoms with E-state index >= 15 is 0 Å². The number of fused-ring (bicyclic) bond motifs is 1. The predicted molar refractivity (Wildman–Crippen MR) is 55.6 cm³/mol. The monoisotopic (exact) mass is 234 g/mol. The van der Waals surface area contributed by atoms with Gasteiger partial charge in [-0.05, 0) is 12.1 Å². The van der Waals surface area contributed by atoms with Gasteiger partial charge in [-0.2, -0.15) is 5.26 Å². The summed E-state index contributed by atoms with van der Waals surface area (Å²) in [5.74, 6) is 0. The van der Waals surface area contributed by atoms with Crippen LogP contribution in [0.2, 0.25) is 0 Å². The van der Waals surface area contributed by atoms with E-state index < -0.39 is 0 Å². The summed E-state index contributed by atoms with van der Waals surface area (Å²) < 4.78 is 1.94. The molecule has 2 aromatic rings. The molecule has 2 rings (SSSR count). The van der Waals surface area contributed by atoms with Crippen LogP contribution in [0.5, 0.6) is 0 Å². The Morgan fingerprint density at radius 3 is 2.85 bits per heavy atom. The first kappa shape index (κ1) is 8.33. The first-order valence-electron chi connectivity index (χ1n) is 3.91. The number of nitrogens with zero attached hydrogens (tertiary/aromatic N) is 2. The van der Waals surface area contributed by atoms with Crippen LogP contribution in [0, 0.1) is 11.3 Å². The lowest BCUT2D eigenvalue weighted by Gasteiger charge is -1.99. The largest absolute Gasteiger partial charge is 0.322 e. The predicted octanol–water partition coefficient (Wildman–Crippen LogP) is 2.87. The standard InChI is InChI=1S/C10H7BrN2/c11-7-13-9(6-12)5-8-3-1-2-4-10(8)13/h1-5H,7H2. The fourth-order valence-electron chi connectivity index (χ4n) is 1.43. The van der Waals surface area contributed by atoms with Crippen molar-refractivity contribution >= 4 is 26.8 Å². The van der Waals surface area contributed by atoms with Crippen molar-refractivity contribution in [2.24, 2.45) is 0 Å². The first-order valence-corrected chi connectivity index (χ1v) is 5.03. The highest BCUT2D eigenvalue weighted by molar-refractivity contribution is 9.08. The van der Waals surface area contributed by atoms with Gasteiger partial charge in [-0.25, -0.2) is 0 Å². The maximum Gasteiger partial charge on any atom is 0.122 e. The smallest absolute Gasteiger partial charge is 0.122 e. The molecular weight excluding hydrogens is 228 g/mol. The molecule has 2 nitrogen and oxygen atoms in total. The molecule has 0 saturated heterocycles. The van der Waals surface area contributed by atoms with Crippen molar-refractivity contribution < 1.29 is 0 Å². The molecule has 0 bridgehead atoms. The minimum Gasteiger partial charge on any atom is -0.322 e. The van der Waals surface area contributed by atoms with E-state index in [0.717, 1.165) is 10.9 Å². The number of aromatic nitrogens is 1. The van der Waals surface area contributed by atoms with E-state index in [2.05, 4.69) is 22.0 Å². The second-order valence-electron chi connectivity index (χ2n) is 2.75. The lowest BCUT2D eigenvalue weighted by atomic mass is 10.2. The summed E-state index contributed by atoms with van der Waals surface area (Å²) in [6.07, 6.45) is 0. The fraction of sp³-hybridized carbons (Fsp3) is 0.100. The highest BCUT2D eigenvalue weighted by atomic mass is 79.9. The molecule has 13 heavy (non-hydrogen) atoms. The normalized spacial score (nSPS) is 10.2. The summed E-state index contributed by atoms with van der Waals surface area (Å²) in [6.45, 7) is 0. The molecule has 0 aliphatic rings. The van der Waals surface area contributed by atoms with E-state index in [9.17, 15) is 0 Å². The van der Waals surface area contributed by atoms with Crippen molar-refractivity contribution in [3.63, 3.8) is 0 Å². The highest BCUT2D eigenvalue weighted by Gasteiger charge is 2.05. The van der Waals surface area contributed by atoms with Gasteiger partial charge in [0.2, 0.25) is 0 Å². The average Bonchev–Trinajstić information content (AvgIpc) is 2.55. The lowest BCUT2D eigenvalue weighted by Crippen LogP contribution is -1.93. The molecule has 0 spiro atoms. The number of nitriles is 1. The third kappa shape index (κ3) is 1.24. The number of halogens is 1. The molecule has 0 atom stereocenters. The van der Waals surface area contributed by atoms with Crippen molar-refractivity contribution in [1.82, 2.24) is 4.57 Å². The van der Waals surface area contributed by atoms with Crippen molar-refractivity contribution in [3.8, 4) is 6.07 Å². The average molecular weight is 235 g/mol. The lowest BCUT2D eigenvalue weighted by molar-refractivity contribution is 0.934. The Bertz CT molecular complexity index is 479. The minimum absolute atomic E-state index is 0.656. The molecule has 0 amide bonds. The number of para-hydroxylation sites is 1. The molecule has 0 radical (unpaired) electrons. The van der Waals surface area contributed by atoms with Crippen LogP contribution in [-0.4, -0.2) is 4.57 Å². The van der Waals surface area contributed by atoms with E-state index in [1.165, 1.54) is 0 Å². The molecule has 1 aromatic heterocycles. The van der Waals surface area contributed by atoms with Gasteiger partial charge in [0, 0.05) is 10.9 Å². The molecule has 0 fully saturated rings. The Hall–Kier alpha value is -1.27. The van der Waals surface area contributed by atoms with Gasteiger partial charge >= 0.3 is 0 Å². The van der Waals surface area contributed by atoms with E-state index in [0.29, 0.717) is 11.1 Å². The summed E-state index contributed by atoms with van der Waals surface area (Å²) in [5, 5.41) is 9.97. The summed E-state index contributed by atoms with van der Waals surface area (Å²) in [7, 11) is 0. The van der Waals surface area contributed by atoms with Crippen molar-refractivity contribution in [2.75, 3.05) is 0 Å². The molecule has 0 aliphatic heterocycles. The molecule has 0 saturated carbocycles. The van der Waals surface area contributed by atoms with Gasteiger partial charge in [-0.1, -0.05) is 34.1 Å². The number of rotatable bonds is 1. The van der Waals surface area contributed by atoms with Gasteiger partial charge in [0.15, 0.2) is 0 Å². The van der Waals surface area contributed by atoms with E-state index in [1.54, 1.807) is 0 Å². The quantitative estimate of drug-likeness (QED) is 0.698. The van der Waals surface area contributed by atoms with Gasteiger partial charge in [0.1, 0.15) is 11.8 Å². The number of hydrogen-bond donors (Lipinski definition) is 0. The molecule has 64 valence electrons. The van der Waals surface area contributed by atoms with Gasteiger partial charge in [0.25, 0.3) is 0 Å². The molecule has 1 heterocycles. The van der Waals surface area contributed by atoms with E-state index in [1.807, 2.05) is 34.9 Å². The number of hydrogen-bond acceptors (Lipinski definition) is 1. The van der Waals surface area contributed by atoms with Crippen molar-refractivity contribution in [1.29, 1.82) is 5.26 Å². The van der Waals surface area contributed by atoms with Crippen LogP contribution in [-0.2, 0) is 5.45 Å². The second-order valence-corrected chi connectivity index (χ2v) is 3.25. The zero-order valence-electron chi connectivity index (χ0n) is 6.87. The summed E-state index contributed by atoms with van der Waals surface area (Å²) in [6, 6.07) is 12.0. The van der Waals surface area contributed by atoms with Gasteiger partial charge < -0.3 is 4.57 Å². The van der Waals surface area contributed by atoms with Crippen molar-refractivity contribution in [2.45, 2.75) is 5.45 Å². The Morgan fingerprint density at radius 1 is 1.38 bits per heavy atom. The van der Waals surface area contributed by atoms with Crippen LogP contribution in [0.15, 0.2) is 30.3 Å². The van der Waals surface area contributed by atoms with E-state index in [4.69, 9.17) is 5.26 Å². The topological polar surface area (TPSA) is 28.7 Å².